The highest BCUT2D eigenvalue weighted by Gasteiger charge is 2.31. The number of halogens is 3. The van der Waals surface area contributed by atoms with Gasteiger partial charge in [-0.05, 0) is 47.4 Å². The maximum Gasteiger partial charge on any atom is 0.573 e. The Morgan fingerprint density at radius 1 is 1.03 bits per heavy atom. The Morgan fingerprint density at radius 2 is 1.67 bits per heavy atom. The van der Waals surface area contributed by atoms with Crippen molar-refractivity contribution in [3.05, 3.63) is 30.0 Å². The van der Waals surface area contributed by atoms with Gasteiger partial charge in [-0.25, -0.2) is 9.42 Å². The summed E-state index contributed by atoms with van der Waals surface area (Å²) in [7, 11) is 0. The number of ether oxygens (including phenoxy) is 1. The maximum absolute atomic E-state index is 12.5. The van der Waals surface area contributed by atoms with E-state index in [0.717, 1.165) is 12.1 Å². The summed E-state index contributed by atoms with van der Waals surface area (Å²) in [4.78, 5) is 28.1. The summed E-state index contributed by atoms with van der Waals surface area (Å²) < 4.78 is 44.9. The van der Waals surface area contributed by atoms with Crippen molar-refractivity contribution in [1.29, 1.82) is 0 Å². The van der Waals surface area contributed by atoms with E-state index in [0.29, 0.717) is 31.6 Å². The molecular formula is C17H19F3N6O4. The van der Waals surface area contributed by atoms with Crippen molar-refractivity contribution in [2.45, 2.75) is 19.2 Å². The fourth-order valence-electron chi connectivity index (χ4n) is 2.91. The van der Waals surface area contributed by atoms with Gasteiger partial charge in [-0.1, -0.05) is 0 Å². The topological polar surface area (TPSA) is 127 Å². The molecule has 1 aliphatic heterocycles. The molecule has 0 aliphatic carbocycles. The van der Waals surface area contributed by atoms with Gasteiger partial charge in [0.05, 0.1) is 0 Å². The Kier molecular flexibility index (Phi) is 6.28. The van der Waals surface area contributed by atoms with E-state index < -0.39 is 18.3 Å². The first-order valence-electron chi connectivity index (χ1n) is 9.02. The Labute approximate surface area is 168 Å². The Morgan fingerprint density at radius 3 is 2.27 bits per heavy atom. The van der Waals surface area contributed by atoms with Crippen molar-refractivity contribution in [2.75, 3.05) is 37.2 Å². The molecule has 1 aliphatic rings. The van der Waals surface area contributed by atoms with Crippen LogP contribution >= 0.6 is 0 Å². The Balaban J connectivity index is 1.58. The monoisotopic (exact) mass is 428 g/mol. The SMILES string of the molecule is Nc1nonc1C(=O)N1CCCCN(C(=O)Nc2ccc(OC(F)(F)F)cc2)CC1. The van der Waals surface area contributed by atoms with Crippen LogP contribution in [0.2, 0.25) is 0 Å². The average Bonchev–Trinajstić information content (AvgIpc) is 3.07. The third kappa shape index (κ3) is 5.52. The summed E-state index contributed by atoms with van der Waals surface area (Å²) in [6.45, 7) is 1.44. The number of hydrogen-bond acceptors (Lipinski definition) is 7. The van der Waals surface area contributed by atoms with Crippen LogP contribution in [0.5, 0.6) is 5.75 Å². The number of benzene rings is 1. The number of hydrogen-bond donors (Lipinski definition) is 2. The molecule has 0 saturated carbocycles. The van der Waals surface area contributed by atoms with Crippen LogP contribution in [-0.2, 0) is 0 Å². The molecule has 3 rings (SSSR count). The van der Waals surface area contributed by atoms with E-state index >= 15 is 0 Å². The number of urea groups is 1. The molecule has 2 heterocycles. The molecule has 10 nitrogen and oxygen atoms in total. The summed E-state index contributed by atoms with van der Waals surface area (Å²) in [5.74, 6) is -0.923. The minimum Gasteiger partial charge on any atom is -0.406 e. The van der Waals surface area contributed by atoms with Gasteiger partial charge in [-0.3, -0.25) is 4.79 Å². The quantitative estimate of drug-likeness (QED) is 0.768. The molecule has 0 spiro atoms. The second kappa shape index (κ2) is 8.88. The van der Waals surface area contributed by atoms with Crippen LogP contribution in [0.1, 0.15) is 23.3 Å². The van der Waals surface area contributed by atoms with Crippen LogP contribution in [0.25, 0.3) is 0 Å². The molecule has 0 radical (unpaired) electrons. The summed E-state index contributed by atoms with van der Waals surface area (Å²) in [6, 6.07) is 4.38. The summed E-state index contributed by atoms with van der Waals surface area (Å²) in [5.41, 5.74) is 5.80. The van der Waals surface area contributed by atoms with Crippen LogP contribution in [0.15, 0.2) is 28.9 Å². The normalized spacial score (nSPS) is 15.3. The molecule has 162 valence electrons. The summed E-state index contributed by atoms with van der Waals surface area (Å²) in [6.07, 6.45) is -3.47. The molecule has 3 N–H and O–H groups in total. The minimum atomic E-state index is -4.79. The van der Waals surface area contributed by atoms with Gasteiger partial charge in [0.25, 0.3) is 5.91 Å². The molecule has 13 heteroatoms. The molecule has 2 aromatic rings. The van der Waals surface area contributed by atoms with Gasteiger partial charge in [0.2, 0.25) is 11.5 Å². The fourth-order valence-corrected chi connectivity index (χ4v) is 2.91. The van der Waals surface area contributed by atoms with Crippen molar-refractivity contribution >= 4 is 23.4 Å². The number of alkyl halides is 3. The van der Waals surface area contributed by atoms with Crippen molar-refractivity contribution in [3.8, 4) is 5.75 Å². The van der Waals surface area contributed by atoms with Crippen molar-refractivity contribution in [2.24, 2.45) is 0 Å². The highest BCUT2D eigenvalue weighted by atomic mass is 19.4. The first kappa shape index (κ1) is 21.2. The first-order chi connectivity index (χ1) is 14.2. The van der Waals surface area contributed by atoms with Crippen LogP contribution in [0, 0.1) is 0 Å². The van der Waals surface area contributed by atoms with E-state index in [-0.39, 0.29) is 30.4 Å². The van der Waals surface area contributed by atoms with Gasteiger partial charge >= 0.3 is 12.4 Å². The number of carbonyl (C=O) groups is 2. The number of anilines is 2. The molecule has 1 aromatic carbocycles. The predicted octanol–water partition coefficient (Wildman–Crippen LogP) is 2.32. The number of nitrogen functional groups attached to an aromatic ring is 1. The standard InChI is InChI=1S/C17H19F3N6O4/c18-17(19,20)29-12-5-3-11(4-6-12)22-16(28)26-8-2-1-7-25(9-10-26)15(27)13-14(21)24-30-23-13/h3-6H,1-2,7-10H2,(H2,21,24)(H,22,28). The lowest BCUT2D eigenvalue weighted by molar-refractivity contribution is -0.274. The third-order valence-corrected chi connectivity index (χ3v) is 4.38. The average molecular weight is 428 g/mol. The molecule has 0 bridgehead atoms. The zero-order valence-corrected chi connectivity index (χ0v) is 15.7. The summed E-state index contributed by atoms with van der Waals surface area (Å²) >= 11 is 0. The lowest BCUT2D eigenvalue weighted by Crippen LogP contribution is -2.45. The first-order valence-corrected chi connectivity index (χ1v) is 9.02. The van der Waals surface area contributed by atoms with E-state index in [1.54, 1.807) is 0 Å². The van der Waals surface area contributed by atoms with Crippen LogP contribution in [0.4, 0.5) is 29.5 Å². The van der Waals surface area contributed by atoms with E-state index in [9.17, 15) is 22.8 Å². The second-order valence-corrected chi connectivity index (χ2v) is 6.49. The van der Waals surface area contributed by atoms with Gasteiger partial charge in [0.15, 0.2) is 0 Å². The summed E-state index contributed by atoms with van der Waals surface area (Å²) in [5, 5.41) is 9.52. The molecule has 1 saturated heterocycles. The zero-order valence-electron chi connectivity index (χ0n) is 15.7. The molecular weight excluding hydrogens is 409 g/mol. The van der Waals surface area contributed by atoms with E-state index in [2.05, 4.69) is 25.0 Å². The highest BCUT2D eigenvalue weighted by molar-refractivity contribution is 5.96. The smallest absolute Gasteiger partial charge is 0.406 e. The molecule has 1 aromatic heterocycles. The number of aromatic nitrogens is 2. The van der Waals surface area contributed by atoms with Crippen molar-refractivity contribution in [3.63, 3.8) is 0 Å². The lowest BCUT2D eigenvalue weighted by atomic mass is 10.2. The molecule has 0 unspecified atom stereocenters. The van der Waals surface area contributed by atoms with Gasteiger partial charge in [-0.15, -0.1) is 13.2 Å². The van der Waals surface area contributed by atoms with E-state index in [1.807, 2.05) is 0 Å². The van der Waals surface area contributed by atoms with Gasteiger partial charge in [0, 0.05) is 31.9 Å². The number of nitrogens with zero attached hydrogens (tertiary/aromatic N) is 4. The van der Waals surface area contributed by atoms with E-state index in [1.165, 1.54) is 21.9 Å². The van der Waals surface area contributed by atoms with Gasteiger partial charge < -0.3 is 25.6 Å². The predicted molar refractivity (Wildman–Crippen MR) is 97.6 cm³/mol. The van der Waals surface area contributed by atoms with Crippen LogP contribution in [0.3, 0.4) is 0 Å². The fraction of sp³-hybridized carbons (Fsp3) is 0.412. The number of nitrogens with two attached hydrogens (primary N) is 1. The lowest BCUT2D eigenvalue weighted by Gasteiger charge is -2.30. The number of rotatable bonds is 3. The number of carbonyl (C=O) groups excluding carboxylic acids is 2. The van der Waals surface area contributed by atoms with Gasteiger partial charge in [-0.2, -0.15) is 0 Å². The molecule has 3 amide bonds. The number of amides is 3. The minimum absolute atomic E-state index is 0.0762. The number of nitrogens with one attached hydrogen (secondary N) is 1. The molecule has 0 atom stereocenters. The highest BCUT2D eigenvalue weighted by Crippen LogP contribution is 2.24. The Bertz CT molecular complexity index is 886. The Hall–Kier alpha value is -3.51. The van der Waals surface area contributed by atoms with Crippen LogP contribution < -0.4 is 15.8 Å². The largest absolute Gasteiger partial charge is 0.573 e. The third-order valence-electron chi connectivity index (χ3n) is 4.38. The van der Waals surface area contributed by atoms with Crippen molar-refractivity contribution in [1.82, 2.24) is 20.1 Å². The zero-order chi connectivity index (χ0) is 21.7. The second-order valence-electron chi connectivity index (χ2n) is 6.49. The molecule has 30 heavy (non-hydrogen) atoms. The molecule has 1 fully saturated rings. The van der Waals surface area contributed by atoms with Crippen LogP contribution in [-0.4, -0.2) is 64.6 Å². The van der Waals surface area contributed by atoms with Gasteiger partial charge in [0.1, 0.15) is 5.75 Å². The van der Waals surface area contributed by atoms with E-state index in [4.69, 9.17) is 5.73 Å². The van der Waals surface area contributed by atoms with Crippen molar-refractivity contribution < 1.29 is 32.1 Å². The maximum atomic E-state index is 12.5.